The largest absolute Gasteiger partial charge is 0.493 e. The van der Waals surface area contributed by atoms with E-state index in [0.29, 0.717) is 5.92 Å². The summed E-state index contributed by atoms with van der Waals surface area (Å²) in [5.41, 5.74) is 1.47. The molecule has 0 saturated carbocycles. The lowest BCUT2D eigenvalue weighted by atomic mass is 9.94. The summed E-state index contributed by atoms with van der Waals surface area (Å²) in [6.45, 7) is 10.6. The van der Waals surface area contributed by atoms with Crippen LogP contribution in [0.25, 0.3) is 0 Å². The summed E-state index contributed by atoms with van der Waals surface area (Å²) in [7, 11) is 1.98. The van der Waals surface area contributed by atoms with E-state index in [4.69, 9.17) is 4.74 Å². The molecule has 1 aromatic carbocycles. The number of benzene rings is 1. The van der Waals surface area contributed by atoms with Gasteiger partial charge in [0.05, 0.1) is 6.61 Å². The van der Waals surface area contributed by atoms with E-state index in [1.165, 1.54) is 5.56 Å². The lowest BCUT2D eigenvalue weighted by Crippen LogP contribution is -2.32. The lowest BCUT2D eigenvalue weighted by molar-refractivity contribution is 0.177. The molecule has 1 atom stereocenters. The molecule has 0 spiro atoms. The van der Waals surface area contributed by atoms with E-state index < -0.39 is 0 Å². The maximum Gasteiger partial charge on any atom is 0.122 e. The molecular formula is C16H27NO. The van der Waals surface area contributed by atoms with Crippen LogP contribution in [0.3, 0.4) is 0 Å². The first kappa shape index (κ1) is 15.0. The van der Waals surface area contributed by atoms with Gasteiger partial charge in [-0.05, 0) is 31.0 Å². The van der Waals surface area contributed by atoms with Crippen LogP contribution in [0.5, 0.6) is 5.75 Å². The Morgan fingerprint density at radius 3 is 2.56 bits per heavy atom. The van der Waals surface area contributed by atoms with E-state index in [0.717, 1.165) is 25.3 Å². The minimum Gasteiger partial charge on any atom is -0.493 e. The predicted octanol–water partition coefficient (Wildman–Crippen LogP) is 3.82. The van der Waals surface area contributed by atoms with Crippen LogP contribution >= 0.6 is 0 Å². The van der Waals surface area contributed by atoms with Crippen molar-refractivity contribution < 1.29 is 4.74 Å². The van der Waals surface area contributed by atoms with E-state index in [2.05, 4.69) is 51.2 Å². The van der Waals surface area contributed by atoms with E-state index in [1.807, 2.05) is 13.1 Å². The average molecular weight is 249 g/mol. The van der Waals surface area contributed by atoms with E-state index >= 15 is 0 Å². The Morgan fingerprint density at radius 2 is 1.94 bits per heavy atom. The van der Waals surface area contributed by atoms with Gasteiger partial charge in [-0.15, -0.1) is 0 Å². The van der Waals surface area contributed by atoms with Crippen molar-refractivity contribution in [2.75, 3.05) is 20.2 Å². The normalized spacial score (nSPS) is 13.4. The summed E-state index contributed by atoms with van der Waals surface area (Å²) >= 11 is 0. The van der Waals surface area contributed by atoms with Gasteiger partial charge in [0, 0.05) is 12.0 Å². The van der Waals surface area contributed by atoms with Gasteiger partial charge in [-0.2, -0.15) is 0 Å². The summed E-state index contributed by atoms with van der Waals surface area (Å²) in [5, 5.41) is 3.21. The Bertz CT molecular complexity index is 360. The van der Waals surface area contributed by atoms with Crippen molar-refractivity contribution in [2.45, 2.75) is 40.0 Å². The van der Waals surface area contributed by atoms with Crippen molar-refractivity contribution >= 4 is 0 Å². The fourth-order valence-corrected chi connectivity index (χ4v) is 2.04. The molecule has 0 aliphatic heterocycles. The highest BCUT2D eigenvalue weighted by atomic mass is 16.5. The maximum absolute atomic E-state index is 6.04. The molecule has 0 aromatic heterocycles. The second-order valence-corrected chi connectivity index (χ2v) is 5.83. The van der Waals surface area contributed by atoms with Gasteiger partial charge in [0.25, 0.3) is 0 Å². The molecule has 102 valence electrons. The molecular weight excluding hydrogens is 222 g/mol. The van der Waals surface area contributed by atoms with E-state index in [9.17, 15) is 0 Å². The Balaban J connectivity index is 2.73. The summed E-state index contributed by atoms with van der Waals surface area (Å²) in [4.78, 5) is 0. The first-order chi connectivity index (χ1) is 8.50. The zero-order valence-electron chi connectivity index (χ0n) is 12.4. The van der Waals surface area contributed by atoms with Gasteiger partial charge in [-0.3, -0.25) is 0 Å². The standard InChI is InChI=1S/C16H27NO/c1-6-13(2)14-9-7-8-10-15(14)18-12-16(3,4)11-17-5/h7-10,13,17H,6,11-12H2,1-5H3. The second kappa shape index (κ2) is 6.79. The molecule has 1 unspecified atom stereocenters. The van der Waals surface area contributed by atoms with Crippen LogP contribution in [0, 0.1) is 5.41 Å². The maximum atomic E-state index is 6.04. The predicted molar refractivity (Wildman–Crippen MR) is 78.4 cm³/mol. The molecule has 1 N–H and O–H groups in total. The van der Waals surface area contributed by atoms with Crippen LogP contribution < -0.4 is 10.1 Å². The van der Waals surface area contributed by atoms with Crippen molar-refractivity contribution in [3.63, 3.8) is 0 Å². The van der Waals surface area contributed by atoms with Gasteiger partial charge >= 0.3 is 0 Å². The summed E-state index contributed by atoms with van der Waals surface area (Å²) in [6, 6.07) is 8.39. The number of para-hydroxylation sites is 1. The molecule has 0 aliphatic rings. The third-order valence-corrected chi connectivity index (χ3v) is 3.34. The van der Waals surface area contributed by atoms with Crippen LogP contribution in [0.15, 0.2) is 24.3 Å². The van der Waals surface area contributed by atoms with Crippen molar-refractivity contribution in [1.29, 1.82) is 0 Å². The third kappa shape index (κ3) is 4.34. The highest BCUT2D eigenvalue weighted by Crippen LogP contribution is 2.29. The highest BCUT2D eigenvalue weighted by Gasteiger charge is 2.19. The highest BCUT2D eigenvalue weighted by molar-refractivity contribution is 5.35. The van der Waals surface area contributed by atoms with Gasteiger partial charge < -0.3 is 10.1 Å². The third-order valence-electron chi connectivity index (χ3n) is 3.34. The fraction of sp³-hybridized carbons (Fsp3) is 0.625. The molecule has 0 saturated heterocycles. The number of rotatable bonds is 7. The number of nitrogens with one attached hydrogen (secondary N) is 1. The van der Waals surface area contributed by atoms with Crippen LogP contribution in [0.1, 0.15) is 45.6 Å². The first-order valence-electron chi connectivity index (χ1n) is 6.86. The van der Waals surface area contributed by atoms with Gasteiger partial charge in [-0.25, -0.2) is 0 Å². The Morgan fingerprint density at radius 1 is 1.28 bits per heavy atom. The van der Waals surface area contributed by atoms with Crippen molar-refractivity contribution in [2.24, 2.45) is 5.41 Å². The molecule has 2 nitrogen and oxygen atoms in total. The molecule has 1 aromatic rings. The van der Waals surface area contributed by atoms with Crippen LogP contribution in [-0.4, -0.2) is 20.2 Å². The van der Waals surface area contributed by atoms with Crippen LogP contribution in [0.2, 0.25) is 0 Å². The molecule has 0 heterocycles. The van der Waals surface area contributed by atoms with Gasteiger partial charge in [0.2, 0.25) is 0 Å². The molecule has 0 aliphatic carbocycles. The zero-order valence-corrected chi connectivity index (χ0v) is 12.4. The molecule has 1 rings (SSSR count). The summed E-state index contributed by atoms with van der Waals surface area (Å²) in [6.07, 6.45) is 1.14. The van der Waals surface area contributed by atoms with Gasteiger partial charge in [0.15, 0.2) is 0 Å². The first-order valence-corrected chi connectivity index (χ1v) is 6.86. The quantitative estimate of drug-likeness (QED) is 0.793. The lowest BCUT2D eigenvalue weighted by Gasteiger charge is -2.25. The SMILES string of the molecule is CCC(C)c1ccccc1OCC(C)(C)CNC. The van der Waals surface area contributed by atoms with Gasteiger partial charge in [0.1, 0.15) is 5.75 Å². The molecule has 0 bridgehead atoms. The second-order valence-electron chi connectivity index (χ2n) is 5.83. The Hall–Kier alpha value is -1.02. The van der Waals surface area contributed by atoms with Crippen LogP contribution in [0.4, 0.5) is 0 Å². The minimum atomic E-state index is 0.150. The molecule has 18 heavy (non-hydrogen) atoms. The molecule has 0 radical (unpaired) electrons. The van der Waals surface area contributed by atoms with E-state index in [-0.39, 0.29) is 5.41 Å². The summed E-state index contributed by atoms with van der Waals surface area (Å²) in [5.74, 6) is 1.59. The summed E-state index contributed by atoms with van der Waals surface area (Å²) < 4.78 is 6.04. The topological polar surface area (TPSA) is 21.3 Å². The smallest absolute Gasteiger partial charge is 0.122 e. The van der Waals surface area contributed by atoms with Crippen LogP contribution in [-0.2, 0) is 0 Å². The molecule has 0 amide bonds. The number of hydrogen-bond acceptors (Lipinski definition) is 2. The minimum absolute atomic E-state index is 0.150. The Kier molecular flexibility index (Phi) is 5.67. The number of hydrogen-bond donors (Lipinski definition) is 1. The Labute approximate surface area is 112 Å². The average Bonchev–Trinajstić information content (AvgIpc) is 2.36. The zero-order chi connectivity index (χ0) is 13.6. The molecule has 0 fully saturated rings. The van der Waals surface area contributed by atoms with Gasteiger partial charge in [-0.1, -0.05) is 45.9 Å². The monoisotopic (exact) mass is 249 g/mol. The fourth-order valence-electron chi connectivity index (χ4n) is 2.04. The van der Waals surface area contributed by atoms with Crippen molar-refractivity contribution in [1.82, 2.24) is 5.32 Å². The van der Waals surface area contributed by atoms with Crippen molar-refractivity contribution in [3.05, 3.63) is 29.8 Å². The van der Waals surface area contributed by atoms with E-state index in [1.54, 1.807) is 0 Å². The molecule has 2 heteroatoms. The van der Waals surface area contributed by atoms with Crippen molar-refractivity contribution in [3.8, 4) is 5.75 Å². The number of ether oxygens (including phenoxy) is 1.